The standard InChI is InChI=1S/C13H13ClN2O/c1-15-13-8-12(5-6-16-13)17-9-10-3-2-4-11(14)7-10/h2-8H,9H2,1H3,(H,15,16). The second kappa shape index (κ2) is 5.55. The van der Waals surface area contributed by atoms with Gasteiger partial charge in [0.2, 0.25) is 0 Å². The van der Waals surface area contributed by atoms with Crippen LogP contribution in [0.3, 0.4) is 0 Å². The van der Waals surface area contributed by atoms with E-state index in [1.807, 2.05) is 43.4 Å². The number of nitrogens with zero attached hydrogens (tertiary/aromatic N) is 1. The molecule has 0 aliphatic heterocycles. The molecule has 17 heavy (non-hydrogen) atoms. The van der Waals surface area contributed by atoms with Crippen LogP contribution >= 0.6 is 11.6 Å². The third-order valence-electron chi connectivity index (χ3n) is 2.28. The van der Waals surface area contributed by atoms with Gasteiger partial charge in [-0.05, 0) is 23.8 Å². The van der Waals surface area contributed by atoms with Crippen molar-refractivity contribution >= 4 is 17.4 Å². The van der Waals surface area contributed by atoms with Crippen LogP contribution in [0.4, 0.5) is 5.82 Å². The molecule has 0 fully saturated rings. The molecule has 0 aliphatic carbocycles. The van der Waals surface area contributed by atoms with Gasteiger partial charge in [-0.15, -0.1) is 0 Å². The average Bonchev–Trinajstić information content (AvgIpc) is 2.37. The van der Waals surface area contributed by atoms with Gasteiger partial charge in [0, 0.05) is 24.3 Å². The average molecular weight is 249 g/mol. The monoisotopic (exact) mass is 248 g/mol. The second-order valence-corrected chi connectivity index (χ2v) is 3.98. The van der Waals surface area contributed by atoms with Crippen molar-refractivity contribution in [3.8, 4) is 5.75 Å². The van der Waals surface area contributed by atoms with Gasteiger partial charge in [-0.25, -0.2) is 4.98 Å². The van der Waals surface area contributed by atoms with Crippen molar-refractivity contribution in [3.63, 3.8) is 0 Å². The summed E-state index contributed by atoms with van der Waals surface area (Å²) in [4.78, 5) is 4.11. The number of benzene rings is 1. The van der Waals surface area contributed by atoms with Crippen LogP contribution in [-0.4, -0.2) is 12.0 Å². The Kier molecular flexibility index (Phi) is 3.83. The molecule has 0 atom stereocenters. The molecule has 88 valence electrons. The normalized spacial score (nSPS) is 10.0. The Labute approximate surface area is 105 Å². The predicted octanol–water partition coefficient (Wildman–Crippen LogP) is 3.36. The molecule has 1 aromatic heterocycles. The lowest BCUT2D eigenvalue weighted by Crippen LogP contribution is -1.97. The quantitative estimate of drug-likeness (QED) is 0.901. The summed E-state index contributed by atoms with van der Waals surface area (Å²) in [5.74, 6) is 1.57. The van der Waals surface area contributed by atoms with Crippen LogP contribution in [-0.2, 0) is 6.61 Å². The largest absolute Gasteiger partial charge is 0.489 e. The molecule has 1 heterocycles. The van der Waals surface area contributed by atoms with Crippen molar-refractivity contribution in [2.75, 3.05) is 12.4 Å². The molecule has 2 aromatic rings. The van der Waals surface area contributed by atoms with Crippen LogP contribution in [0, 0.1) is 0 Å². The van der Waals surface area contributed by atoms with Gasteiger partial charge in [-0.1, -0.05) is 23.7 Å². The Morgan fingerprint density at radius 3 is 2.94 bits per heavy atom. The van der Waals surface area contributed by atoms with Crippen molar-refractivity contribution < 1.29 is 4.74 Å². The van der Waals surface area contributed by atoms with Crippen LogP contribution in [0.15, 0.2) is 42.6 Å². The highest BCUT2D eigenvalue weighted by atomic mass is 35.5. The van der Waals surface area contributed by atoms with E-state index in [9.17, 15) is 0 Å². The van der Waals surface area contributed by atoms with Gasteiger partial charge in [0.15, 0.2) is 0 Å². The fourth-order valence-electron chi connectivity index (χ4n) is 1.43. The molecule has 3 nitrogen and oxygen atoms in total. The van der Waals surface area contributed by atoms with Crippen LogP contribution < -0.4 is 10.1 Å². The van der Waals surface area contributed by atoms with Crippen molar-refractivity contribution in [1.82, 2.24) is 4.98 Å². The lowest BCUT2D eigenvalue weighted by atomic mass is 10.2. The minimum Gasteiger partial charge on any atom is -0.489 e. The Morgan fingerprint density at radius 1 is 1.29 bits per heavy atom. The Bertz CT molecular complexity index is 502. The number of ether oxygens (including phenoxy) is 1. The van der Waals surface area contributed by atoms with Gasteiger partial charge in [0.25, 0.3) is 0 Å². The number of aromatic nitrogens is 1. The molecule has 0 saturated heterocycles. The smallest absolute Gasteiger partial charge is 0.129 e. The minimum absolute atomic E-state index is 0.494. The van der Waals surface area contributed by atoms with Crippen LogP contribution in [0.5, 0.6) is 5.75 Å². The molecule has 0 spiro atoms. The number of pyridine rings is 1. The van der Waals surface area contributed by atoms with Gasteiger partial charge in [-0.2, -0.15) is 0 Å². The number of halogens is 1. The van der Waals surface area contributed by atoms with E-state index in [0.29, 0.717) is 6.61 Å². The lowest BCUT2D eigenvalue weighted by Gasteiger charge is -2.07. The van der Waals surface area contributed by atoms with Crippen LogP contribution in [0.25, 0.3) is 0 Å². The zero-order valence-corrected chi connectivity index (χ0v) is 10.2. The molecule has 0 unspecified atom stereocenters. The molecule has 4 heteroatoms. The number of anilines is 1. The van der Waals surface area contributed by atoms with Gasteiger partial charge in [-0.3, -0.25) is 0 Å². The number of hydrogen-bond donors (Lipinski definition) is 1. The van der Waals surface area contributed by atoms with E-state index < -0.39 is 0 Å². The predicted molar refractivity (Wildman–Crippen MR) is 69.6 cm³/mol. The Balaban J connectivity index is 2.02. The fourth-order valence-corrected chi connectivity index (χ4v) is 1.64. The summed E-state index contributed by atoms with van der Waals surface area (Å²) < 4.78 is 5.65. The number of hydrogen-bond acceptors (Lipinski definition) is 3. The summed E-state index contributed by atoms with van der Waals surface area (Å²) >= 11 is 5.90. The molecular weight excluding hydrogens is 236 g/mol. The van der Waals surface area contributed by atoms with E-state index in [0.717, 1.165) is 22.2 Å². The summed E-state index contributed by atoms with van der Waals surface area (Å²) in [5, 5.41) is 3.68. The van der Waals surface area contributed by atoms with E-state index in [1.165, 1.54) is 0 Å². The SMILES string of the molecule is CNc1cc(OCc2cccc(Cl)c2)ccn1. The van der Waals surface area contributed by atoms with Crippen molar-refractivity contribution in [2.45, 2.75) is 6.61 Å². The minimum atomic E-state index is 0.494. The Morgan fingerprint density at radius 2 is 2.18 bits per heavy atom. The zero-order chi connectivity index (χ0) is 12.1. The van der Waals surface area contributed by atoms with E-state index in [2.05, 4.69) is 10.3 Å². The summed E-state index contributed by atoms with van der Waals surface area (Å²) in [6.07, 6.45) is 1.71. The summed E-state index contributed by atoms with van der Waals surface area (Å²) in [5.41, 5.74) is 1.04. The number of nitrogens with one attached hydrogen (secondary N) is 1. The third-order valence-corrected chi connectivity index (χ3v) is 2.52. The molecule has 0 aliphatic rings. The second-order valence-electron chi connectivity index (χ2n) is 3.55. The Hall–Kier alpha value is -1.74. The van der Waals surface area contributed by atoms with Crippen LogP contribution in [0.2, 0.25) is 5.02 Å². The molecule has 1 aromatic carbocycles. The third kappa shape index (κ3) is 3.36. The molecule has 0 amide bonds. The molecule has 0 bridgehead atoms. The van der Waals surface area contributed by atoms with Crippen molar-refractivity contribution in [2.24, 2.45) is 0 Å². The first kappa shape index (κ1) is 11.7. The summed E-state index contributed by atoms with van der Waals surface area (Å²) in [7, 11) is 1.82. The van der Waals surface area contributed by atoms with E-state index in [4.69, 9.17) is 16.3 Å². The van der Waals surface area contributed by atoms with Gasteiger partial charge < -0.3 is 10.1 Å². The molecule has 0 radical (unpaired) electrons. The zero-order valence-electron chi connectivity index (χ0n) is 9.48. The van der Waals surface area contributed by atoms with Gasteiger partial charge in [0.05, 0.1) is 0 Å². The lowest BCUT2D eigenvalue weighted by molar-refractivity contribution is 0.306. The van der Waals surface area contributed by atoms with E-state index in [-0.39, 0.29) is 0 Å². The maximum Gasteiger partial charge on any atom is 0.129 e. The molecule has 0 saturated carbocycles. The highest BCUT2D eigenvalue weighted by Crippen LogP contribution is 2.17. The fraction of sp³-hybridized carbons (Fsp3) is 0.154. The van der Waals surface area contributed by atoms with Gasteiger partial charge >= 0.3 is 0 Å². The summed E-state index contributed by atoms with van der Waals surface area (Å²) in [6, 6.07) is 11.3. The molecule has 1 N–H and O–H groups in total. The van der Waals surface area contributed by atoms with Crippen molar-refractivity contribution in [1.29, 1.82) is 0 Å². The first-order chi connectivity index (χ1) is 8.28. The van der Waals surface area contributed by atoms with Crippen molar-refractivity contribution in [3.05, 3.63) is 53.2 Å². The summed E-state index contributed by atoms with van der Waals surface area (Å²) in [6.45, 7) is 0.494. The van der Waals surface area contributed by atoms with E-state index >= 15 is 0 Å². The highest BCUT2D eigenvalue weighted by Gasteiger charge is 1.98. The topological polar surface area (TPSA) is 34.1 Å². The van der Waals surface area contributed by atoms with Gasteiger partial charge in [0.1, 0.15) is 18.2 Å². The van der Waals surface area contributed by atoms with Crippen LogP contribution in [0.1, 0.15) is 5.56 Å². The molecule has 2 rings (SSSR count). The first-order valence-electron chi connectivity index (χ1n) is 5.29. The van der Waals surface area contributed by atoms with E-state index in [1.54, 1.807) is 6.20 Å². The highest BCUT2D eigenvalue weighted by molar-refractivity contribution is 6.30. The maximum absolute atomic E-state index is 5.90. The molecular formula is C13H13ClN2O. The number of rotatable bonds is 4. The maximum atomic E-state index is 5.90. The first-order valence-corrected chi connectivity index (χ1v) is 5.67.